The molecule has 0 saturated carbocycles. The molecule has 1 unspecified atom stereocenters. The lowest BCUT2D eigenvalue weighted by Crippen LogP contribution is -2.40. The molecular weight excluding hydrogens is 270 g/mol. The number of benzene rings is 1. The molecule has 1 atom stereocenters. The van der Waals surface area contributed by atoms with Crippen molar-refractivity contribution in [1.82, 2.24) is 15.1 Å². The van der Waals surface area contributed by atoms with Crippen molar-refractivity contribution in [1.29, 1.82) is 0 Å². The number of carbonyl (C=O) groups is 2. The second-order valence-electron chi connectivity index (χ2n) is 5.41. The predicted molar refractivity (Wildman–Crippen MR) is 79.1 cm³/mol. The minimum atomic E-state index is -0.931. The number of nitrogens with one attached hydrogen (secondary N) is 1. The topological polar surface area (TPSA) is 84.2 Å². The van der Waals surface area contributed by atoms with Gasteiger partial charge in [-0.2, -0.15) is 5.10 Å². The molecule has 112 valence electrons. The number of fused-ring (bicyclic) bond motifs is 1. The zero-order valence-electron chi connectivity index (χ0n) is 12.3. The molecule has 2 N–H and O–H groups in total. The zero-order chi connectivity index (χ0) is 15.6. The predicted octanol–water partition coefficient (Wildman–Crippen LogP) is 1.80. The normalized spacial score (nSPS) is 12.6. The first-order valence-corrected chi connectivity index (χ1v) is 6.84. The average molecular weight is 289 g/mol. The summed E-state index contributed by atoms with van der Waals surface area (Å²) in [5.41, 5.74) is 1.19. The van der Waals surface area contributed by atoms with E-state index in [1.54, 1.807) is 11.7 Å². The molecule has 0 aliphatic carbocycles. The number of aryl methyl sites for hydroxylation is 1. The minimum Gasteiger partial charge on any atom is -0.481 e. The fourth-order valence-corrected chi connectivity index (χ4v) is 2.26. The molecule has 0 aliphatic rings. The van der Waals surface area contributed by atoms with Crippen LogP contribution in [0.25, 0.3) is 10.9 Å². The quantitative estimate of drug-likeness (QED) is 0.879. The van der Waals surface area contributed by atoms with Gasteiger partial charge in [-0.25, -0.2) is 0 Å². The Morgan fingerprint density at radius 3 is 2.62 bits per heavy atom. The van der Waals surface area contributed by atoms with Gasteiger partial charge in [-0.15, -0.1) is 0 Å². The van der Waals surface area contributed by atoms with E-state index in [0.29, 0.717) is 5.69 Å². The van der Waals surface area contributed by atoms with Gasteiger partial charge in [0.15, 0.2) is 5.69 Å². The summed E-state index contributed by atoms with van der Waals surface area (Å²) in [7, 11) is 1.77. The number of hydrogen-bond donors (Lipinski definition) is 2. The van der Waals surface area contributed by atoms with Gasteiger partial charge in [-0.05, 0) is 12.0 Å². The Morgan fingerprint density at radius 1 is 1.33 bits per heavy atom. The van der Waals surface area contributed by atoms with Crippen LogP contribution in [-0.2, 0) is 11.8 Å². The molecule has 2 aromatic rings. The Kier molecular flexibility index (Phi) is 4.26. The average Bonchev–Trinajstić information content (AvgIpc) is 2.75. The van der Waals surface area contributed by atoms with Crippen LogP contribution in [0.1, 0.15) is 30.8 Å². The van der Waals surface area contributed by atoms with Crippen LogP contribution in [0.3, 0.4) is 0 Å². The number of rotatable bonds is 5. The summed E-state index contributed by atoms with van der Waals surface area (Å²) in [6, 6.07) is 7.02. The van der Waals surface area contributed by atoms with Gasteiger partial charge >= 0.3 is 5.97 Å². The highest BCUT2D eigenvalue weighted by molar-refractivity contribution is 6.05. The van der Waals surface area contributed by atoms with Crippen LogP contribution in [0.5, 0.6) is 0 Å². The first kappa shape index (κ1) is 15.0. The third-order valence-corrected chi connectivity index (χ3v) is 3.49. The highest BCUT2D eigenvalue weighted by Crippen LogP contribution is 2.18. The van der Waals surface area contributed by atoms with Gasteiger partial charge in [0.2, 0.25) is 0 Å². The van der Waals surface area contributed by atoms with E-state index in [-0.39, 0.29) is 18.2 Å². The molecule has 0 aliphatic heterocycles. The maximum Gasteiger partial charge on any atom is 0.305 e. The van der Waals surface area contributed by atoms with Crippen molar-refractivity contribution >= 4 is 22.8 Å². The molecule has 0 saturated heterocycles. The Balaban J connectivity index is 2.27. The second-order valence-corrected chi connectivity index (χ2v) is 5.41. The molecule has 2 rings (SSSR count). The van der Waals surface area contributed by atoms with Crippen LogP contribution in [0.4, 0.5) is 0 Å². The molecule has 0 fully saturated rings. The van der Waals surface area contributed by atoms with Gasteiger partial charge in [0.05, 0.1) is 11.9 Å². The molecule has 0 spiro atoms. The third-order valence-electron chi connectivity index (χ3n) is 3.49. The van der Waals surface area contributed by atoms with Crippen molar-refractivity contribution in [2.24, 2.45) is 13.0 Å². The van der Waals surface area contributed by atoms with Crippen molar-refractivity contribution < 1.29 is 14.7 Å². The summed E-state index contributed by atoms with van der Waals surface area (Å²) in [5.74, 6) is -1.24. The van der Waals surface area contributed by atoms with Gasteiger partial charge in [0, 0.05) is 18.5 Å². The summed E-state index contributed by atoms with van der Waals surface area (Å²) < 4.78 is 1.64. The van der Waals surface area contributed by atoms with Crippen LogP contribution >= 0.6 is 0 Å². The lowest BCUT2D eigenvalue weighted by molar-refractivity contribution is -0.137. The van der Waals surface area contributed by atoms with E-state index >= 15 is 0 Å². The Morgan fingerprint density at radius 2 is 2.00 bits per heavy atom. The fraction of sp³-hybridized carbons (Fsp3) is 0.400. The monoisotopic (exact) mass is 289 g/mol. The van der Waals surface area contributed by atoms with E-state index in [1.165, 1.54) is 0 Å². The van der Waals surface area contributed by atoms with Crippen molar-refractivity contribution in [2.75, 3.05) is 0 Å². The van der Waals surface area contributed by atoms with Crippen molar-refractivity contribution in [3.63, 3.8) is 0 Å². The molecule has 1 aromatic heterocycles. The van der Waals surface area contributed by atoms with Crippen LogP contribution in [0.2, 0.25) is 0 Å². The number of carboxylic acid groups (broad SMARTS) is 1. The first-order chi connectivity index (χ1) is 9.90. The lowest BCUT2D eigenvalue weighted by atomic mass is 10.0. The van der Waals surface area contributed by atoms with Crippen molar-refractivity contribution in [2.45, 2.75) is 26.3 Å². The van der Waals surface area contributed by atoms with Gasteiger partial charge in [-0.1, -0.05) is 32.0 Å². The number of aliphatic carboxylic acids is 1. The summed E-state index contributed by atoms with van der Waals surface area (Å²) in [4.78, 5) is 23.3. The zero-order valence-corrected chi connectivity index (χ0v) is 12.3. The number of amides is 1. The van der Waals surface area contributed by atoms with Crippen molar-refractivity contribution in [3.05, 3.63) is 30.0 Å². The number of hydrogen-bond acceptors (Lipinski definition) is 3. The largest absolute Gasteiger partial charge is 0.481 e. The molecule has 0 bridgehead atoms. The highest BCUT2D eigenvalue weighted by Gasteiger charge is 2.23. The standard InChI is InChI=1S/C15H19N3O3/c1-9(2)11(8-13(19)20)16-15(21)14-10-6-4-5-7-12(10)18(3)17-14/h4-7,9,11H,8H2,1-3H3,(H,16,21)(H,19,20). The Labute approximate surface area is 122 Å². The molecule has 1 aromatic carbocycles. The molecular formula is C15H19N3O3. The third kappa shape index (κ3) is 3.21. The maximum absolute atomic E-state index is 12.4. The van der Waals surface area contributed by atoms with E-state index < -0.39 is 12.0 Å². The van der Waals surface area contributed by atoms with Crippen LogP contribution in [0, 0.1) is 5.92 Å². The van der Waals surface area contributed by atoms with E-state index in [9.17, 15) is 9.59 Å². The number of para-hydroxylation sites is 1. The molecule has 1 amide bonds. The summed E-state index contributed by atoms with van der Waals surface area (Å²) in [6.07, 6.45) is -0.103. The molecule has 6 heteroatoms. The van der Waals surface area contributed by atoms with Gasteiger partial charge in [0.1, 0.15) is 0 Å². The minimum absolute atomic E-state index is 0.0278. The Bertz CT molecular complexity index is 676. The molecule has 6 nitrogen and oxygen atoms in total. The SMILES string of the molecule is CC(C)C(CC(=O)O)NC(=O)c1nn(C)c2ccccc12. The van der Waals surface area contributed by atoms with Crippen LogP contribution < -0.4 is 5.32 Å². The first-order valence-electron chi connectivity index (χ1n) is 6.84. The second kappa shape index (κ2) is 5.95. The lowest BCUT2D eigenvalue weighted by Gasteiger charge is -2.20. The van der Waals surface area contributed by atoms with Gasteiger partial charge in [0.25, 0.3) is 5.91 Å². The summed E-state index contributed by atoms with van der Waals surface area (Å²) in [5, 5.41) is 16.7. The van der Waals surface area contributed by atoms with Gasteiger partial charge in [-0.3, -0.25) is 14.3 Å². The number of carboxylic acids is 1. The maximum atomic E-state index is 12.4. The summed E-state index contributed by atoms with van der Waals surface area (Å²) in [6.45, 7) is 3.76. The summed E-state index contributed by atoms with van der Waals surface area (Å²) >= 11 is 0. The molecule has 21 heavy (non-hydrogen) atoms. The van der Waals surface area contributed by atoms with Crippen LogP contribution in [0.15, 0.2) is 24.3 Å². The number of aromatic nitrogens is 2. The molecule has 1 heterocycles. The fourth-order valence-electron chi connectivity index (χ4n) is 2.26. The highest BCUT2D eigenvalue weighted by atomic mass is 16.4. The van der Waals surface area contributed by atoms with E-state index in [4.69, 9.17) is 5.11 Å². The smallest absolute Gasteiger partial charge is 0.305 e. The van der Waals surface area contributed by atoms with E-state index in [1.807, 2.05) is 38.1 Å². The number of carbonyl (C=O) groups excluding carboxylic acids is 1. The van der Waals surface area contributed by atoms with Crippen molar-refractivity contribution in [3.8, 4) is 0 Å². The van der Waals surface area contributed by atoms with Gasteiger partial charge < -0.3 is 10.4 Å². The van der Waals surface area contributed by atoms with E-state index in [2.05, 4.69) is 10.4 Å². The molecule has 0 radical (unpaired) electrons. The Hall–Kier alpha value is -2.37. The van der Waals surface area contributed by atoms with Crippen LogP contribution in [-0.4, -0.2) is 32.8 Å². The number of nitrogens with zero attached hydrogens (tertiary/aromatic N) is 2. The van der Waals surface area contributed by atoms with E-state index in [0.717, 1.165) is 10.9 Å².